The maximum absolute atomic E-state index is 11.8. The molecule has 3 N–H and O–H groups in total. The fourth-order valence-corrected chi connectivity index (χ4v) is 2.47. The highest BCUT2D eigenvalue weighted by Crippen LogP contribution is 2.14. The van der Waals surface area contributed by atoms with Crippen molar-refractivity contribution >= 4 is 23.2 Å². The number of hydrogen-bond donors (Lipinski definition) is 3. The molecule has 1 heterocycles. The summed E-state index contributed by atoms with van der Waals surface area (Å²) in [6.45, 7) is 4.07. The van der Waals surface area contributed by atoms with Crippen LogP contribution in [-0.2, 0) is 4.79 Å². The summed E-state index contributed by atoms with van der Waals surface area (Å²) in [5.41, 5.74) is 0.0660. The van der Waals surface area contributed by atoms with Gasteiger partial charge in [-0.15, -0.1) is 0 Å². The lowest BCUT2D eigenvalue weighted by atomic mass is 9.94. The SMILES string of the molecule is CCC(CC)(CO)NC(=O)CCNC(=O)c1ccsc1. The molecule has 0 fully saturated rings. The minimum absolute atomic E-state index is 0.0764. The van der Waals surface area contributed by atoms with E-state index in [1.165, 1.54) is 11.3 Å². The summed E-state index contributed by atoms with van der Waals surface area (Å²) in [6.07, 6.45) is 1.55. The fraction of sp³-hybridized carbons (Fsp3) is 0.571. The van der Waals surface area contributed by atoms with Gasteiger partial charge in [-0.05, 0) is 24.3 Å². The molecule has 0 aliphatic carbocycles. The van der Waals surface area contributed by atoms with Gasteiger partial charge in [0.05, 0.1) is 12.1 Å². The quantitative estimate of drug-likeness (QED) is 0.681. The first-order valence-electron chi connectivity index (χ1n) is 6.79. The standard InChI is InChI=1S/C14H22N2O3S/c1-3-14(4-2,10-17)16-12(18)5-7-15-13(19)11-6-8-20-9-11/h6,8-9,17H,3-5,7,10H2,1-2H3,(H,15,19)(H,16,18). The number of nitrogens with one attached hydrogen (secondary N) is 2. The summed E-state index contributed by atoms with van der Waals surface area (Å²) >= 11 is 1.46. The van der Waals surface area contributed by atoms with Crippen LogP contribution >= 0.6 is 11.3 Å². The molecule has 1 aromatic rings. The molecule has 1 aromatic heterocycles. The number of rotatable bonds is 8. The van der Waals surface area contributed by atoms with Crippen LogP contribution in [0.3, 0.4) is 0 Å². The second-order valence-electron chi connectivity index (χ2n) is 4.71. The Kier molecular flexibility index (Phi) is 6.67. The molecule has 1 rings (SSSR count). The number of thiophene rings is 1. The Morgan fingerprint density at radius 1 is 1.35 bits per heavy atom. The number of aliphatic hydroxyl groups is 1. The molecule has 0 saturated carbocycles. The van der Waals surface area contributed by atoms with Crippen LogP contribution in [0.1, 0.15) is 43.5 Å². The Morgan fingerprint density at radius 2 is 2.05 bits per heavy atom. The molecule has 0 unspecified atom stereocenters. The van der Waals surface area contributed by atoms with Gasteiger partial charge in [-0.3, -0.25) is 9.59 Å². The summed E-state index contributed by atoms with van der Waals surface area (Å²) in [5, 5.41) is 18.5. The molecule has 0 aliphatic rings. The molecule has 2 amide bonds. The smallest absolute Gasteiger partial charge is 0.252 e. The summed E-state index contributed by atoms with van der Waals surface area (Å²) < 4.78 is 0. The van der Waals surface area contributed by atoms with Crippen molar-refractivity contribution in [1.82, 2.24) is 10.6 Å². The van der Waals surface area contributed by atoms with E-state index in [2.05, 4.69) is 10.6 Å². The molecule has 5 nitrogen and oxygen atoms in total. The largest absolute Gasteiger partial charge is 0.394 e. The molecule has 0 saturated heterocycles. The maximum atomic E-state index is 11.8. The Bertz CT molecular complexity index is 419. The number of aliphatic hydroxyl groups excluding tert-OH is 1. The van der Waals surface area contributed by atoms with Gasteiger partial charge in [-0.1, -0.05) is 13.8 Å². The Balaban J connectivity index is 2.35. The number of amides is 2. The molecule has 0 spiro atoms. The van der Waals surface area contributed by atoms with E-state index < -0.39 is 5.54 Å². The summed E-state index contributed by atoms with van der Waals surface area (Å²) in [7, 11) is 0. The zero-order valence-corrected chi connectivity index (χ0v) is 12.8. The number of carbonyl (C=O) groups is 2. The molecular formula is C14H22N2O3S. The van der Waals surface area contributed by atoms with E-state index in [1.807, 2.05) is 19.2 Å². The third-order valence-corrected chi connectivity index (χ3v) is 4.17. The van der Waals surface area contributed by atoms with Crippen LogP contribution < -0.4 is 10.6 Å². The minimum atomic E-state index is -0.547. The maximum Gasteiger partial charge on any atom is 0.252 e. The number of hydrogen-bond acceptors (Lipinski definition) is 4. The van der Waals surface area contributed by atoms with Crippen molar-refractivity contribution in [3.05, 3.63) is 22.4 Å². The van der Waals surface area contributed by atoms with Gasteiger partial charge >= 0.3 is 0 Å². The zero-order valence-electron chi connectivity index (χ0n) is 11.9. The monoisotopic (exact) mass is 298 g/mol. The molecule has 6 heteroatoms. The molecule has 20 heavy (non-hydrogen) atoms. The number of carbonyl (C=O) groups excluding carboxylic acids is 2. The second kappa shape index (κ2) is 8.01. The molecule has 0 aliphatic heterocycles. The first-order chi connectivity index (χ1) is 9.56. The topological polar surface area (TPSA) is 78.4 Å². The Morgan fingerprint density at radius 3 is 2.55 bits per heavy atom. The predicted octanol–water partition coefficient (Wildman–Crippen LogP) is 1.54. The van der Waals surface area contributed by atoms with Crippen molar-refractivity contribution in [1.29, 1.82) is 0 Å². The van der Waals surface area contributed by atoms with Crippen LogP contribution in [0.5, 0.6) is 0 Å². The van der Waals surface area contributed by atoms with Crippen molar-refractivity contribution in [2.75, 3.05) is 13.2 Å². The molecule has 0 bridgehead atoms. The van der Waals surface area contributed by atoms with Gasteiger partial charge in [0.15, 0.2) is 0 Å². The third kappa shape index (κ3) is 4.61. The van der Waals surface area contributed by atoms with Crippen LogP contribution in [0.15, 0.2) is 16.8 Å². The average molecular weight is 298 g/mol. The molecular weight excluding hydrogens is 276 g/mol. The normalized spacial score (nSPS) is 11.2. The highest BCUT2D eigenvalue weighted by atomic mass is 32.1. The van der Waals surface area contributed by atoms with E-state index in [1.54, 1.807) is 11.4 Å². The lowest BCUT2D eigenvalue weighted by Crippen LogP contribution is -2.51. The zero-order chi connectivity index (χ0) is 15.0. The van der Waals surface area contributed by atoms with Crippen LogP contribution in [0.4, 0.5) is 0 Å². The van der Waals surface area contributed by atoms with E-state index in [0.717, 1.165) is 0 Å². The van der Waals surface area contributed by atoms with E-state index >= 15 is 0 Å². The van der Waals surface area contributed by atoms with Crippen LogP contribution in [0.2, 0.25) is 0 Å². The van der Waals surface area contributed by atoms with Crippen molar-refractivity contribution in [2.45, 2.75) is 38.6 Å². The molecule has 0 aromatic carbocycles. The van der Waals surface area contributed by atoms with E-state index in [0.29, 0.717) is 18.4 Å². The van der Waals surface area contributed by atoms with Crippen molar-refractivity contribution in [3.8, 4) is 0 Å². The third-order valence-electron chi connectivity index (χ3n) is 3.48. The van der Waals surface area contributed by atoms with Crippen molar-refractivity contribution in [3.63, 3.8) is 0 Å². The van der Waals surface area contributed by atoms with Gasteiger partial charge in [-0.2, -0.15) is 11.3 Å². The van der Waals surface area contributed by atoms with E-state index in [4.69, 9.17) is 0 Å². The highest BCUT2D eigenvalue weighted by molar-refractivity contribution is 7.08. The lowest BCUT2D eigenvalue weighted by Gasteiger charge is -2.30. The van der Waals surface area contributed by atoms with Crippen molar-refractivity contribution in [2.24, 2.45) is 0 Å². The summed E-state index contributed by atoms with van der Waals surface area (Å²) in [5.74, 6) is -0.327. The van der Waals surface area contributed by atoms with Gasteiger partial charge in [0, 0.05) is 23.9 Å². The van der Waals surface area contributed by atoms with Gasteiger partial charge in [-0.25, -0.2) is 0 Å². The first kappa shape index (κ1) is 16.7. The van der Waals surface area contributed by atoms with Gasteiger partial charge in [0.2, 0.25) is 5.91 Å². The summed E-state index contributed by atoms with van der Waals surface area (Å²) in [6, 6.07) is 1.74. The predicted molar refractivity (Wildman–Crippen MR) is 79.8 cm³/mol. The summed E-state index contributed by atoms with van der Waals surface area (Å²) in [4.78, 5) is 23.5. The second-order valence-corrected chi connectivity index (χ2v) is 5.49. The van der Waals surface area contributed by atoms with Crippen LogP contribution in [0.25, 0.3) is 0 Å². The van der Waals surface area contributed by atoms with Crippen molar-refractivity contribution < 1.29 is 14.7 Å². The van der Waals surface area contributed by atoms with Crippen LogP contribution in [0, 0.1) is 0 Å². The van der Waals surface area contributed by atoms with Gasteiger partial charge in [0.1, 0.15) is 0 Å². The highest BCUT2D eigenvalue weighted by Gasteiger charge is 2.26. The van der Waals surface area contributed by atoms with Crippen LogP contribution in [-0.4, -0.2) is 35.6 Å². The van der Waals surface area contributed by atoms with E-state index in [9.17, 15) is 14.7 Å². The molecule has 112 valence electrons. The first-order valence-corrected chi connectivity index (χ1v) is 7.73. The van der Waals surface area contributed by atoms with E-state index in [-0.39, 0.29) is 31.4 Å². The average Bonchev–Trinajstić information content (AvgIpc) is 2.99. The Labute approximate surface area is 123 Å². The molecule has 0 atom stereocenters. The van der Waals surface area contributed by atoms with Gasteiger partial charge in [0.25, 0.3) is 5.91 Å². The molecule has 0 radical (unpaired) electrons. The minimum Gasteiger partial charge on any atom is -0.394 e. The lowest BCUT2D eigenvalue weighted by molar-refractivity contribution is -0.123. The van der Waals surface area contributed by atoms with Gasteiger partial charge < -0.3 is 15.7 Å². The Hall–Kier alpha value is -1.40. The fourth-order valence-electron chi connectivity index (χ4n) is 1.83.